The number of hydrogen-bond donors (Lipinski definition) is 2. The van der Waals surface area contributed by atoms with Gasteiger partial charge >= 0.3 is 5.97 Å². The number of aromatic nitrogens is 2. The van der Waals surface area contributed by atoms with Gasteiger partial charge in [-0.2, -0.15) is 5.10 Å². The van der Waals surface area contributed by atoms with Gasteiger partial charge in [0.15, 0.2) is 0 Å². The lowest BCUT2D eigenvalue weighted by molar-refractivity contribution is -0.141. The van der Waals surface area contributed by atoms with Gasteiger partial charge in [0.05, 0.1) is 18.5 Å². The van der Waals surface area contributed by atoms with Crippen molar-refractivity contribution in [2.75, 3.05) is 6.54 Å². The molecule has 0 radical (unpaired) electrons. The van der Waals surface area contributed by atoms with Crippen molar-refractivity contribution in [3.05, 3.63) is 17.0 Å². The molecule has 2 N–H and O–H groups in total. The number of amides is 1. The Hall–Kier alpha value is -1.85. The summed E-state index contributed by atoms with van der Waals surface area (Å²) in [6.45, 7) is 4.30. The number of carboxylic acid groups (broad SMARTS) is 1. The molecule has 1 aromatic heterocycles. The second-order valence-corrected chi connectivity index (χ2v) is 6.15. The van der Waals surface area contributed by atoms with Gasteiger partial charge in [-0.3, -0.25) is 14.3 Å². The Kier molecular flexibility index (Phi) is 4.34. The van der Waals surface area contributed by atoms with E-state index >= 15 is 0 Å². The second kappa shape index (κ2) is 5.87. The summed E-state index contributed by atoms with van der Waals surface area (Å²) < 4.78 is 1.77. The van der Waals surface area contributed by atoms with E-state index in [0.717, 1.165) is 36.2 Å². The molecule has 1 fully saturated rings. The first kappa shape index (κ1) is 15.5. The number of carbonyl (C=O) groups is 2. The largest absolute Gasteiger partial charge is 0.481 e. The van der Waals surface area contributed by atoms with Gasteiger partial charge in [-0.15, -0.1) is 0 Å². The van der Waals surface area contributed by atoms with Gasteiger partial charge in [-0.1, -0.05) is 6.42 Å². The summed E-state index contributed by atoms with van der Waals surface area (Å²) in [4.78, 5) is 23.0. The smallest absolute Gasteiger partial charge is 0.303 e. The topological polar surface area (TPSA) is 84.2 Å². The van der Waals surface area contributed by atoms with Gasteiger partial charge in [-0.25, -0.2) is 0 Å². The normalized spacial score (nSPS) is 16.3. The first-order chi connectivity index (χ1) is 9.83. The molecule has 1 aromatic rings. The highest BCUT2D eigenvalue weighted by atomic mass is 16.4. The molecule has 0 atom stereocenters. The molecular weight excluding hydrogens is 270 g/mol. The van der Waals surface area contributed by atoms with Crippen molar-refractivity contribution in [3.63, 3.8) is 0 Å². The molecule has 0 spiro atoms. The Bertz CT molecular complexity index is 559. The Morgan fingerprint density at radius 3 is 2.48 bits per heavy atom. The van der Waals surface area contributed by atoms with Gasteiger partial charge < -0.3 is 10.4 Å². The van der Waals surface area contributed by atoms with Crippen LogP contribution in [0.1, 0.15) is 42.6 Å². The molecule has 0 saturated heterocycles. The highest BCUT2D eigenvalue weighted by molar-refractivity contribution is 5.79. The number of nitrogens with one attached hydrogen (secondary N) is 1. The van der Waals surface area contributed by atoms with Crippen LogP contribution in [0.4, 0.5) is 0 Å². The van der Waals surface area contributed by atoms with Crippen LogP contribution in [0.5, 0.6) is 0 Å². The fraction of sp³-hybridized carbons (Fsp3) is 0.667. The minimum atomic E-state index is -0.789. The lowest BCUT2D eigenvalue weighted by atomic mass is 9.66. The summed E-state index contributed by atoms with van der Waals surface area (Å²) >= 11 is 0. The van der Waals surface area contributed by atoms with E-state index in [1.54, 1.807) is 4.68 Å². The third-order valence-electron chi connectivity index (χ3n) is 4.60. The Morgan fingerprint density at radius 1 is 1.38 bits per heavy atom. The molecule has 0 aromatic carbocycles. The molecule has 0 unspecified atom stereocenters. The van der Waals surface area contributed by atoms with Crippen molar-refractivity contribution < 1.29 is 14.7 Å². The van der Waals surface area contributed by atoms with E-state index in [9.17, 15) is 9.59 Å². The zero-order valence-corrected chi connectivity index (χ0v) is 12.9. The number of nitrogens with zero attached hydrogens (tertiary/aromatic N) is 2. The highest BCUT2D eigenvalue weighted by Gasteiger charge is 2.39. The zero-order chi connectivity index (χ0) is 15.6. The van der Waals surface area contributed by atoms with E-state index in [2.05, 4.69) is 10.4 Å². The van der Waals surface area contributed by atoms with Crippen LogP contribution in [0, 0.1) is 19.3 Å². The van der Waals surface area contributed by atoms with Crippen LogP contribution >= 0.6 is 0 Å². The number of aryl methyl sites for hydroxylation is 2. The summed E-state index contributed by atoms with van der Waals surface area (Å²) in [5.74, 6) is -0.853. The highest BCUT2D eigenvalue weighted by Crippen LogP contribution is 2.43. The summed E-state index contributed by atoms with van der Waals surface area (Å²) in [5, 5.41) is 16.2. The summed E-state index contributed by atoms with van der Waals surface area (Å²) in [7, 11) is 1.86. The number of hydrogen-bond acceptors (Lipinski definition) is 3. The minimum absolute atomic E-state index is 0.0640. The number of rotatable bonds is 6. The van der Waals surface area contributed by atoms with Gasteiger partial charge in [0.25, 0.3) is 0 Å². The molecule has 6 nitrogen and oxygen atoms in total. The van der Waals surface area contributed by atoms with Crippen LogP contribution in [0.25, 0.3) is 0 Å². The average Bonchev–Trinajstić information content (AvgIpc) is 2.59. The van der Waals surface area contributed by atoms with Gasteiger partial charge in [0, 0.05) is 24.8 Å². The molecule has 0 bridgehead atoms. The molecule has 116 valence electrons. The van der Waals surface area contributed by atoms with Crippen molar-refractivity contribution in [2.45, 2.75) is 46.0 Å². The summed E-state index contributed by atoms with van der Waals surface area (Å²) in [6.07, 6.45) is 3.24. The van der Waals surface area contributed by atoms with E-state index in [-0.39, 0.29) is 17.7 Å². The Morgan fingerprint density at radius 2 is 2.05 bits per heavy atom. The zero-order valence-electron chi connectivity index (χ0n) is 12.9. The maximum absolute atomic E-state index is 12.1. The third kappa shape index (κ3) is 3.43. The fourth-order valence-electron chi connectivity index (χ4n) is 3.00. The number of aliphatic carboxylic acids is 1. The predicted molar refractivity (Wildman–Crippen MR) is 77.9 cm³/mol. The molecule has 1 amide bonds. The van der Waals surface area contributed by atoms with E-state index in [1.165, 1.54) is 0 Å². The molecule has 1 aliphatic carbocycles. The fourth-order valence-corrected chi connectivity index (χ4v) is 3.00. The second-order valence-electron chi connectivity index (χ2n) is 6.15. The number of carboxylic acids is 1. The molecular formula is C15H23N3O3. The lowest BCUT2D eigenvalue weighted by Crippen LogP contribution is -2.44. The first-order valence-corrected chi connectivity index (χ1v) is 7.30. The van der Waals surface area contributed by atoms with E-state index in [1.807, 2.05) is 20.9 Å². The third-order valence-corrected chi connectivity index (χ3v) is 4.60. The SMILES string of the molecule is Cc1nn(C)c(C)c1CC(=O)NCC1(CC(=O)O)CCC1. The van der Waals surface area contributed by atoms with Crippen molar-refractivity contribution in [2.24, 2.45) is 12.5 Å². The molecule has 1 aliphatic rings. The van der Waals surface area contributed by atoms with Crippen molar-refractivity contribution in [1.29, 1.82) is 0 Å². The maximum Gasteiger partial charge on any atom is 0.303 e. The summed E-state index contributed by atoms with van der Waals surface area (Å²) in [6, 6.07) is 0. The number of carbonyl (C=O) groups excluding carboxylic acids is 1. The molecule has 2 rings (SSSR count). The minimum Gasteiger partial charge on any atom is -0.481 e. The van der Waals surface area contributed by atoms with E-state index in [4.69, 9.17) is 5.11 Å². The van der Waals surface area contributed by atoms with Crippen molar-refractivity contribution >= 4 is 11.9 Å². The standard InChI is InChI=1S/C15H23N3O3/c1-10-12(11(2)18(3)17-10)7-13(19)16-9-15(5-4-6-15)8-14(20)21/h4-9H2,1-3H3,(H,16,19)(H,20,21). The summed E-state index contributed by atoms with van der Waals surface area (Å²) in [5.41, 5.74) is 2.58. The van der Waals surface area contributed by atoms with Crippen molar-refractivity contribution in [1.82, 2.24) is 15.1 Å². The van der Waals surface area contributed by atoms with Crippen LogP contribution in [-0.2, 0) is 23.1 Å². The van der Waals surface area contributed by atoms with Gasteiger partial charge in [0.2, 0.25) is 5.91 Å². The van der Waals surface area contributed by atoms with Crippen LogP contribution in [0.2, 0.25) is 0 Å². The van der Waals surface area contributed by atoms with E-state index < -0.39 is 5.97 Å². The maximum atomic E-state index is 12.1. The molecule has 1 heterocycles. The Labute approximate surface area is 124 Å². The van der Waals surface area contributed by atoms with E-state index in [0.29, 0.717) is 13.0 Å². The Balaban J connectivity index is 1.91. The molecule has 1 saturated carbocycles. The lowest BCUT2D eigenvalue weighted by Gasteiger charge is -2.40. The van der Waals surface area contributed by atoms with Gasteiger partial charge in [-0.05, 0) is 32.1 Å². The predicted octanol–water partition coefficient (Wildman–Crippen LogP) is 1.34. The average molecular weight is 293 g/mol. The van der Waals surface area contributed by atoms with Crippen LogP contribution in [0.15, 0.2) is 0 Å². The molecule has 21 heavy (non-hydrogen) atoms. The first-order valence-electron chi connectivity index (χ1n) is 7.30. The molecule has 6 heteroatoms. The van der Waals surface area contributed by atoms with Crippen LogP contribution in [-0.4, -0.2) is 33.3 Å². The van der Waals surface area contributed by atoms with Crippen molar-refractivity contribution in [3.8, 4) is 0 Å². The van der Waals surface area contributed by atoms with Crippen LogP contribution in [0.3, 0.4) is 0 Å². The van der Waals surface area contributed by atoms with Gasteiger partial charge in [0.1, 0.15) is 0 Å². The monoisotopic (exact) mass is 293 g/mol. The molecule has 0 aliphatic heterocycles. The quantitative estimate of drug-likeness (QED) is 0.829. The van der Waals surface area contributed by atoms with Crippen LogP contribution < -0.4 is 5.32 Å².